The number of hydrogen-bond acceptors (Lipinski definition) is 3. The number of carbonyl (C=O) groups is 1. The lowest BCUT2D eigenvalue weighted by molar-refractivity contribution is -0.137. The molecular formula is C16H31N3O. The summed E-state index contributed by atoms with van der Waals surface area (Å²) < 4.78 is 0. The molecule has 2 atom stereocenters. The van der Waals surface area contributed by atoms with Gasteiger partial charge in [0.05, 0.1) is 5.54 Å². The van der Waals surface area contributed by atoms with E-state index in [0.717, 1.165) is 26.1 Å². The van der Waals surface area contributed by atoms with Gasteiger partial charge in [-0.15, -0.1) is 0 Å². The SMILES string of the molecule is CC1CCCCN1CC1CCCN(C(=O)C(C)(C)N)C1. The molecule has 0 radical (unpaired) electrons. The summed E-state index contributed by atoms with van der Waals surface area (Å²) in [4.78, 5) is 16.9. The number of nitrogens with two attached hydrogens (primary N) is 1. The van der Waals surface area contributed by atoms with Gasteiger partial charge in [-0.25, -0.2) is 0 Å². The highest BCUT2D eigenvalue weighted by Crippen LogP contribution is 2.23. The van der Waals surface area contributed by atoms with Crippen LogP contribution in [0.2, 0.25) is 0 Å². The smallest absolute Gasteiger partial charge is 0.242 e. The molecule has 2 N–H and O–H groups in total. The van der Waals surface area contributed by atoms with Crippen LogP contribution in [0.25, 0.3) is 0 Å². The van der Waals surface area contributed by atoms with Gasteiger partial charge in [-0.05, 0) is 58.9 Å². The Morgan fingerprint density at radius 2 is 1.95 bits per heavy atom. The van der Waals surface area contributed by atoms with Crippen molar-refractivity contribution in [3.8, 4) is 0 Å². The fraction of sp³-hybridized carbons (Fsp3) is 0.938. The molecule has 0 saturated carbocycles. The van der Waals surface area contributed by atoms with E-state index in [-0.39, 0.29) is 5.91 Å². The molecule has 0 aromatic carbocycles. The van der Waals surface area contributed by atoms with E-state index in [9.17, 15) is 4.79 Å². The summed E-state index contributed by atoms with van der Waals surface area (Å²) in [5.74, 6) is 0.726. The molecule has 0 spiro atoms. The van der Waals surface area contributed by atoms with Crippen molar-refractivity contribution in [3.63, 3.8) is 0 Å². The van der Waals surface area contributed by atoms with Crippen molar-refractivity contribution < 1.29 is 4.79 Å². The van der Waals surface area contributed by atoms with Gasteiger partial charge in [0.2, 0.25) is 5.91 Å². The molecule has 2 saturated heterocycles. The van der Waals surface area contributed by atoms with E-state index in [4.69, 9.17) is 5.73 Å². The minimum Gasteiger partial charge on any atom is -0.341 e. The minimum atomic E-state index is -0.736. The van der Waals surface area contributed by atoms with E-state index >= 15 is 0 Å². The summed E-state index contributed by atoms with van der Waals surface area (Å²) in [6.07, 6.45) is 6.39. The lowest BCUT2D eigenvalue weighted by Gasteiger charge is -2.40. The average Bonchev–Trinajstić information content (AvgIpc) is 2.40. The van der Waals surface area contributed by atoms with Crippen molar-refractivity contribution in [2.75, 3.05) is 26.2 Å². The number of carbonyl (C=O) groups excluding carboxylic acids is 1. The van der Waals surface area contributed by atoms with Crippen molar-refractivity contribution >= 4 is 5.91 Å². The number of likely N-dealkylation sites (tertiary alicyclic amines) is 2. The van der Waals surface area contributed by atoms with Crippen molar-refractivity contribution in [2.24, 2.45) is 11.7 Å². The maximum absolute atomic E-state index is 12.3. The van der Waals surface area contributed by atoms with Crippen LogP contribution in [0.1, 0.15) is 52.9 Å². The van der Waals surface area contributed by atoms with Gasteiger partial charge in [0.1, 0.15) is 0 Å². The summed E-state index contributed by atoms with van der Waals surface area (Å²) in [6.45, 7) is 10.1. The van der Waals surface area contributed by atoms with Gasteiger partial charge in [0.15, 0.2) is 0 Å². The van der Waals surface area contributed by atoms with Gasteiger partial charge in [0, 0.05) is 25.7 Å². The number of rotatable bonds is 3. The molecule has 0 aromatic rings. The molecule has 2 aliphatic rings. The summed E-state index contributed by atoms with van der Waals surface area (Å²) in [7, 11) is 0. The first-order chi connectivity index (χ1) is 9.38. The highest BCUT2D eigenvalue weighted by atomic mass is 16.2. The molecule has 0 bridgehead atoms. The lowest BCUT2D eigenvalue weighted by atomic mass is 9.93. The van der Waals surface area contributed by atoms with Gasteiger partial charge in [0.25, 0.3) is 0 Å². The Kier molecular flexibility index (Phi) is 5.08. The summed E-state index contributed by atoms with van der Waals surface area (Å²) >= 11 is 0. The largest absolute Gasteiger partial charge is 0.341 e. The van der Waals surface area contributed by atoms with E-state index in [1.54, 1.807) is 0 Å². The lowest BCUT2D eigenvalue weighted by Crippen LogP contribution is -2.55. The van der Waals surface area contributed by atoms with Gasteiger partial charge in [-0.1, -0.05) is 6.42 Å². The molecule has 0 aliphatic carbocycles. The molecule has 4 heteroatoms. The van der Waals surface area contributed by atoms with Gasteiger partial charge >= 0.3 is 0 Å². The van der Waals surface area contributed by atoms with E-state index in [1.807, 2.05) is 18.7 Å². The fourth-order valence-corrected chi connectivity index (χ4v) is 3.57. The molecule has 2 rings (SSSR count). The Labute approximate surface area is 123 Å². The molecule has 20 heavy (non-hydrogen) atoms. The Morgan fingerprint density at radius 1 is 1.20 bits per heavy atom. The Balaban J connectivity index is 1.88. The Hall–Kier alpha value is -0.610. The molecule has 0 aromatic heterocycles. The third kappa shape index (κ3) is 3.95. The van der Waals surface area contributed by atoms with Crippen LogP contribution in [0.3, 0.4) is 0 Å². The third-order valence-electron chi connectivity index (χ3n) is 4.79. The minimum absolute atomic E-state index is 0.105. The van der Waals surface area contributed by atoms with Crippen LogP contribution < -0.4 is 5.73 Å². The van der Waals surface area contributed by atoms with Crippen molar-refractivity contribution in [2.45, 2.75) is 64.5 Å². The van der Waals surface area contributed by atoms with Crippen molar-refractivity contribution in [1.29, 1.82) is 0 Å². The predicted molar refractivity (Wildman–Crippen MR) is 82.5 cm³/mol. The first-order valence-electron chi connectivity index (χ1n) is 8.20. The van der Waals surface area contributed by atoms with E-state index < -0.39 is 5.54 Å². The van der Waals surface area contributed by atoms with E-state index in [1.165, 1.54) is 32.2 Å². The standard InChI is InChI=1S/C16H31N3O/c1-13-7-4-5-9-18(13)11-14-8-6-10-19(12-14)15(20)16(2,3)17/h13-14H,4-12,17H2,1-3H3. The Morgan fingerprint density at radius 3 is 2.60 bits per heavy atom. The zero-order valence-electron chi connectivity index (χ0n) is 13.4. The molecule has 2 unspecified atom stereocenters. The Bertz CT molecular complexity index is 337. The third-order valence-corrected chi connectivity index (χ3v) is 4.79. The first-order valence-corrected chi connectivity index (χ1v) is 8.20. The van der Waals surface area contributed by atoms with Crippen molar-refractivity contribution in [1.82, 2.24) is 9.80 Å². The quantitative estimate of drug-likeness (QED) is 0.858. The van der Waals surface area contributed by atoms with Crippen LogP contribution in [0, 0.1) is 5.92 Å². The van der Waals surface area contributed by atoms with Crippen LogP contribution in [0.4, 0.5) is 0 Å². The van der Waals surface area contributed by atoms with E-state index in [2.05, 4.69) is 11.8 Å². The second kappa shape index (κ2) is 6.44. The normalized spacial score (nSPS) is 29.5. The van der Waals surface area contributed by atoms with Crippen LogP contribution in [-0.4, -0.2) is 53.5 Å². The van der Waals surface area contributed by atoms with Crippen LogP contribution in [0.15, 0.2) is 0 Å². The molecule has 4 nitrogen and oxygen atoms in total. The van der Waals surface area contributed by atoms with Gasteiger partial charge in [-0.2, -0.15) is 0 Å². The molecule has 116 valence electrons. The monoisotopic (exact) mass is 281 g/mol. The topological polar surface area (TPSA) is 49.6 Å². The zero-order valence-corrected chi connectivity index (χ0v) is 13.4. The highest BCUT2D eigenvalue weighted by Gasteiger charge is 2.32. The van der Waals surface area contributed by atoms with Gasteiger partial charge in [-0.3, -0.25) is 4.79 Å². The molecular weight excluding hydrogens is 250 g/mol. The maximum Gasteiger partial charge on any atom is 0.242 e. The summed E-state index contributed by atoms with van der Waals surface area (Å²) in [6, 6.07) is 0.709. The van der Waals surface area contributed by atoms with Gasteiger partial charge < -0.3 is 15.5 Å². The highest BCUT2D eigenvalue weighted by molar-refractivity contribution is 5.85. The number of piperidine rings is 2. The molecule has 2 aliphatic heterocycles. The van der Waals surface area contributed by atoms with Crippen molar-refractivity contribution in [3.05, 3.63) is 0 Å². The number of nitrogens with zero attached hydrogens (tertiary/aromatic N) is 2. The molecule has 2 heterocycles. The summed E-state index contributed by atoms with van der Waals surface area (Å²) in [5.41, 5.74) is 5.22. The van der Waals surface area contributed by atoms with Crippen LogP contribution in [-0.2, 0) is 4.79 Å². The first kappa shape index (κ1) is 15.8. The number of hydrogen-bond donors (Lipinski definition) is 1. The average molecular weight is 281 g/mol. The van der Waals surface area contributed by atoms with Crippen LogP contribution in [0.5, 0.6) is 0 Å². The second-order valence-electron chi connectivity index (χ2n) is 7.32. The van der Waals surface area contributed by atoms with E-state index in [0.29, 0.717) is 12.0 Å². The maximum atomic E-state index is 12.3. The number of amides is 1. The predicted octanol–water partition coefficient (Wildman–Crippen LogP) is 1.84. The zero-order chi connectivity index (χ0) is 14.8. The second-order valence-corrected chi connectivity index (χ2v) is 7.32. The molecule has 2 fully saturated rings. The fourth-order valence-electron chi connectivity index (χ4n) is 3.57. The van der Waals surface area contributed by atoms with Crippen LogP contribution >= 0.6 is 0 Å². The summed E-state index contributed by atoms with van der Waals surface area (Å²) in [5, 5.41) is 0. The molecule has 1 amide bonds.